The van der Waals surface area contributed by atoms with Crippen LogP contribution in [-0.2, 0) is 23.5 Å². The van der Waals surface area contributed by atoms with E-state index in [1.165, 1.54) is 23.4 Å². The number of aromatic nitrogens is 2. The SMILES string of the molecule is COC(=O)c1ccccc1CSc1nc(CCNC(=O)N2CCN(C)CC2)cn1Cc1cccc2ccccc12. The molecule has 5 rings (SSSR count). The molecule has 1 fully saturated rings. The quantitative estimate of drug-likeness (QED) is 0.238. The highest BCUT2D eigenvalue weighted by Crippen LogP contribution is 2.27. The number of nitrogens with zero attached hydrogens (tertiary/aromatic N) is 4. The second-order valence-corrected chi connectivity index (χ2v) is 10.9. The van der Waals surface area contributed by atoms with Crippen molar-refractivity contribution in [2.75, 3.05) is 46.9 Å². The van der Waals surface area contributed by atoms with Gasteiger partial charge in [0.05, 0.1) is 24.9 Å². The number of hydrogen-bond acceptors (Lipinski definition) is 6. The normalized spacial score (nSPS) is 13.9. The fraction of sp³-hybridized carbons (Fsp3) is 0.323. The van der Waals surface area contributed by atoms with Crippen LogP contribution in [0.2, 0.25) is 0 Å². The average Bonchev–Trinajstić information content (AvgIpc) is 3.37. The molecular weight excluding hydrogens is 522 g/mol. The zero-order valence-corrected chi connectivity index (χ0v) is 23.8. The van der Waals surface area contributed by atoms with Gasteiger partial charge in [-0.1, -0.05) is 72.4 Å². The molecule has 2 amide bonds. The van der Waals surface area contributed by atoms with Crippen LogP contribution in [0.4, 0.5) is 4.79 Å². The van der Waals surface area contributed by atoms with Crippen molar-refractivity contribution in [2.24, 2.45) is 0 Å². The lowest BCUT2D eigenvalue weighted by molar-refractivity contribution is 0.0599. The molecule has 0 spiro atoms. The highest BCUT2D eigenvalue weighted by Gasteiger charge is 2.19. The third-order valence-corrected chi connectivity index (χ3v) is 8.28. The van der Waals surface area contributed by atoms with Crippen molar-refractivity contribution in [3.8, 4) is 0 Å². The van der Waals surface area contributed by atoms with Gasteiger partial charge in [0.15, 0.2) is 5.16 Å². The lowest BCUT2D eigenvalue weighted by atomic mass is 10.0. The summed E-state index contributed by atoms with van der Waals surface area (Å²) in [4.78, 5) is 34.0. The monoisotopic (exact) mass is 557 g/mol. The number of amides is 2. The van der Waals surface area contributed by atoms with Crippen LogP contribution in [0.15, 0.2) is 78.1 Å². The van der Waals surface area contributed by atoms with Gasteiger partial charge in [-0.2, -0.15) is 0 Å². The molecule has 9 heteroatoms. The van der Waals surface area contributed by atoms with Gasteiger partial charge < -0.3 is 24.4 Å². The molecule has 0 radical (unpaired) electrons. The lowest BCUT2D eigenvalue weighted by Crippen LogP contribution is -2.50. The Labute approximate surface area is 239 Å². The van der Waals surface area contributed by atoms with Gasteiger partial charge >= 0.3 is 12.0 Å². The summed E-state index contributed by atoms with van der Waals surface area (Å²) in [6.07, 6.45) is 2.71. The molecule has 4 aromatic rings. The summed E-state index contributed by atoms with van der Waals surface area (Å²) < 4.78 is 7.15. The number of rotatable bonds is 9. The number of methoxy groups -OCH3 is 1. The van der Waals surface area contributed by atoms with Gasteiger partial charge in [0.1, 0.15) is 0 Å². The van der Waals surface area contributed by atoms with Crippen LogP contribution in [0.25, 0.3) is 10.8 Å². The molecule has 40 heavy (non-hydrogen) atoms. The van der Waals surface area contributed by atoms with Crippen LogP contribution >= 0.6 is 11.8 Å². The van der Waals surface area contributed by atoms with Crippen LogP contribution in [0.3, 0.4) is 0 Å². The van der Waals surface area contributed by atoms with E-state index >= 15 is 0 Å². The summed E-state index contributed by atoms with van der Waals surface area (Å²) in [6, 6.07) is 22.3. The maximum Gasteiger partial charge on any atom is 0.338 e. The van der Waals surface area contributed by atoms with Crippen LogP contribution < -0.4 is 5.32 Å². The van der Waals surface area contributed by atoms with Crippen molar-refractivity contribution in [3.63, 3.8) is 0 Å². The minimum absolute atomic E-state index is 0.0164. The van der Waals surface area contributed by atoms with Crippen LogP contribution in [-0.4, -0.2) is 78.2 Å². The average molecular weight is 558 g/mol. The predicted molar refractivity (Wildman–Crippen MR) is 159 cm³/mol. The Morgan fingerprint density at radius 1 is 0.950 bits per heavy atom. The first-order chi connectivity index (χ1) is 19.5. The number of hydrogen-bond donors (Lipinski definition) is 1. The first kappa shape index (κ1) is 27.7. The van der Waals surface area contributed by atoms with Gasteiger partial charge in [-0.15, -0.1) is 0 Å². The van der Waals surface area contributed by atoms with E-state index in [9.17, 15) is 9.59 Å². The van der Waals surface area contributed by atoms with Gasteiger partial charge in [0.25, 0.3) is 0 Å². The summed E-state index contributed by atoms with van der Waals surface area (Å²) in [5.74, 6) is 0.240. The van der Waals surface area contributed by atoms with Gasteiger partial charge in [-0.25, -0.2) is 14.6 Å². The topological polar surface area (TPSA) is 79.7 Å². The van der Waals surface area contributed by atoms with Gasteiger partial charge in [-0.05, 0) is 35.0 Å². The van der Waals surface area contributed by atoms with E-state index in [-0.39, 0.29) is 12.0 Å². The smallest absolute Gasteiger partial charge is 0.338 e. The molecule has 2 heterocycles. The molecular formula is C31H35N5O3S. The third-order valence-electron chi connectivity index (χ3n) is 7.24. The number of imidazole rings is 1. The van der Waals surface area contributed by atoms with E-state index in [1.807, 2.05) is 23.1 Å². The second-order valence-electron chi connectivity index (χ2n) is 9.99. The van der Waals surface area contributed by atoms with Crippen molar-refractivity contribution in [1.82, 2.24) is 24.7 Å². The second kappa shape index (κ2) is 13.0. The summed E-state index contributed by atoms with van der Waals surface area (Å²) in [5, 5.41) is 6.35. The van der Waals surface area contributed by atoms with Crippen LogP contribution in [0, 0.1) is 0 Å². The standard InChI is InChI=1S/C31H35N5O3S/c1-34-16-18-35(19-17-34)30(38)32-15-14-26-21-36(20-24-11-7-10-23-8-3-5-12-27(23)24)31(33-26)40-22-25-9-4-6-13-28(25)29(37)39-2/h3-13,21H,14-20,22H2,1-2H3,(H,32,38). The molecule has 1 aliphatic heterocycles. The van der Waals surface area contributed by atoms with Crippen molar-refractivity contribution in [2.45, 2.75) is 23.9 Å². The number of likely N-dealkylation sites (N-methyl/N-ethyl adjacent to an activating group) is 1. The first-order valence-corrected chi connectivity index (χ1v) is 14.5. The Kier molecular flexibility index (Phi) is 9.03. The fourth-order valence-electron chi connectivity index (χ4n) is 4.93. The Hall–Kier alpha value is -3.82. The molecule has 1 N–H and O–H groups in total. The van der Waals surface area contributed by atoms with Gasteiger partial charge in [0, 0.05) is 51.1 Å². The Balaban J connectivity index is 1.33. The molecule has 0 unspecified atom stereocenters. The van der Waals surface area contributed by atoms with Crippen molar-refractivity contribution >= 4 is 34.5 Å². The maximum absolute atomic E-state index is 12.6. The van der Waals surface area contributed by atoms with Crippen LogP contribution in [0.5, 0.6) is 0 Å². The number of ether oxygens (including phenoxy) is 1. The van der Waals surface area contributed by atoms with E-state index in [1.54, 1.807) is 17.8 Å². The number of urea groups is 1. The number of piperazine rings is 1. The molecule has 0 bridgehead atoms. The first-order valence-electron chi connectivity index (χ1n) is 13.5. The largest absolute Gasteiger partial charge is 0.465 e. The molecule has 0 saturated carbocycles. The number of benzene rings is 3. The van der Waals surface area contributed by atoms with E-state index in [4.69, 9.17) is 9.72 Å². The zero-order chi connectivity index (χ0) is 27.9. The van der Waals surface area contributed by atoms with E-state index in [0.717, 1.165) is 42.6 Å². The summed E-state index contributed by atoms with van der Waals surface area (Å²) in [7, 11) is 3.48. The number of carbonyl (C=O) groups is 2. The van der Waals surface area contributed by atoms with Gasteiger partial charge in [0.2, 0.25) is 0 Å². The van der Waals surface area contributed by atoms with E-state index < -0.39 is 0 Å². The van der Waals surface area contributed by atoms with Gasteiger partial charge in [-0.3, -0.25) is 0 Å². The minimum Gasteiger partial charge on any atom is -0.465 e. The molecule has 0 atom stereocenters. The molecule has 1 saturated heterocycles. The lowest BCUT2D eigenvalue weighted by Gasteiger charge is -2.32. The van der Waals surface area contributed by atoms with E-state index in [2.05, 4.69) is 70.5 Å². The van der Waals surface area contributed by atoms with Crippen LogP contribution in [0.1, 0.15) is 27.2 Å². The third kappa shape index (κ3) is 6.66. The predicted octanol–water partition coefficient (Wildman–Crippen LogP) is 4.66. The summed E-state index contributed by atoms with van der Waals surface area (Å²) in [6.45, 7) is 4.47. The molecule has 0 aliphatic carbocycles. The van der Waals surface area contributed by atoms with Crippen molar-refractivity contribution in [1.29, 1.82) is 0 Å². The van der Waals surface area contributed by atoms with E-state index in [0.29, 0.717) is 30.8 Å². The number of esters is 1. The maximum atomic E-state index is 12.6. The number of carbonyl (C=O) groups excluding carboxylic acids is 2. The molecule has 1 aliphatic rings. The zero-order valence-electron chi connectivity index (χ0n) is 23.0. The number of thioether (sulfide) groups is 1. The molecule has 208 valence electrons. The highest BCUT2D eigenvalue weighted by molar-refractivity contribution is 7.98. The minimum atomic E-state index is -0.341. The Bertz CT molecular complexity index is 1470. The highest BCUT2D eigenvalue weighted by atomic mass is 32.2. The Morgan fingerprint density at radius 2 is 1.68 bits per heavy atom. The number of nitrogens with one attached hydrogen (secondary N) is 1. The fourth-order valence-corrected chi connectivity index (χ4v) is 5.93. The summed E-state index contributed by atoms with van der Waals surface area (Å²) >= 11 is 1.59. The van der Waals surface area contributed by atoms with Crippen molar-refractivity contribution < 1.29 is 14.3 Å². The number of fused-ring (bicyclic) bond motifs is 1. The molecule has 1 aromatic heterocycles. The van der Waals surface area contributed by atoms with Crippen molar-refractivity contribution in [3.05, 3.63) is 95.3 Å². The summed E-state index contributed by atoms with van der Waals surface area (Å²) in [5.41, 5.74) is 3.60. The molecule has 3 aromatic carbocycles. The molecule has 8 nitrogen and oxygen atoms in total. The Morgan fingerprint density at radius 3 is 2.50 bits per heavy atom.